The van der Waals surface area contributed by atoms with Gasteiger partial charge < -0.3 is 10.3 Å². The molecule has 1 aromatic carbocycles. The Bertz CT molecular complexity index is 1270. The Labute approximate surface area is 193 Å². The van der Waals surface area contributed by atoms with Crippen molar-refractivity contribution >= 4 is 24.0 Å². The van der Waals surface area contributed by atoms with E-state index in [2.05, 4.69) is 15.2 Å². The largest absolute Gasteiger partial charge is 0.351 e. The first-order valence-corrected chi connectivity index (χ1v) is 10.7. The van der Waals surface area contributed by atoms with Gasteiger partial charge in [-0.3, -0.25) is 4.79 Å². The molecule has 0 spiro atoms. The normalized spacial score (nSPS) is 16.2. The second-order valence-electron chi connectivity index (χ2n) is 7.77. The number of carbonyl (C=O) groups is 1. The molecule has 3 heterocycles. The number of rotatable bonds is 7. The smallest absolute Gasteiger partial charge is 0.334 e. The van der Waals surface area contributed by atoms with Crippen molar-refractivity contribution in [1.82, 2.24) is 24.2 Å². The van der Waals surface area contributed by atoms with Crippen LogP contribution in [0.1, 0.15) is 29.6 Å². The summed E-state index contributed by atoms with van der Waals surface area (Å²) in [4.78, 5) is 31.8. The van der Waals surface area contributed by atoms with Crippen LogP contribution < -0.4 is 11.1 Å². The van der Waals surface area contributed by atoms with Gasteiger partial charge in [-0.25, -0.2) is 27.8 Å². The highest BCUT2D eigenvalue weighted by Gasteiger charge is 2.31. The Hall–Kier alpha value is -4.06. The highest BCUT2D eigenvalue weighted by molar-refractivity contribution is 6.14. The molecule has 0 radical (unpaired) electrons. The number of benzene rings is 1. The maximum absolute atomic E-state index is 14.0. The number of aromatic nitrogens is 4. The molecule has 176 valence electrons. The monoisotopic (exact) mass is 469 g/mol. The van der Waals surface area contributed by atoms with Gasteiger partial charge in [-0.2, -0.15) is 10.5 Å². The lowest BCUT2D eigenvalue weighted by molar-refractivity contribution is -0.577. The van der Waals surface area contributed by atoms with Gasteiger partial charge in [0.15, 0.2) is 5.69 Å². The first-order valence-electron chi connectivity index (χ1n) is 10.7. The Morgan fingerprint density at radius 1 is 1.24 bits per heavy atom. The molecule has 12 heteroatoms. The molecule has 1 aliphatic heterocycles. The number of quaternary nitrogens is 1. The van der Waals surface area contributed by atoms with E-state index >= 15 is 0 Å². The number of carbonyl (C=O) groups excluding carboxylic acids is 1. The standard InChI is InChI=1S/C22H22F2N8O2/c23-15-4-6-19(29-27-9-8-25)18(11-15)21(33)30-10-2-1-3-17(30)13-32-22(34)31(14-28-32)20-7-5-16(24)12-26-20/h4-9,11-12,14,17,25,29H,1-3,10,13H2/p+1/b25-8?,27-9-/t17-/m0/s1. The van der Waals surface area contributed by atoms with Crippen molar-refractivity contribution < 1.29 is 19.0 Å². The molecule has 2 aromatic heterocycles. The fourth-order valence-electron chi connectivity index (χ4n) is 3.93. The number of piperidine rings is 1. The van der Waals surface area contributed by atoms with Gasteiger partial charge >= 0.3 is 5.69 Å². The fraction of sp³-hybridized carbons (Fsp3) is 0.273. The molecular formula is C22H23F2N8O2+. The summed E-state index contributed by atoms with van der Waals surface area (Å²) in [5.74, 6) is -1.20. The SMILES string of the molecule is N=C/C=N\[NH2+]c1ccc(F)cc1C(=O)N1CCCC[C@H]1Cn1ncn(-c2ccc(F)cn2)c1=O. The molecule has 3 aromatic rings. The summed E-state index contributed by atoms with van der Waals surface area (Å²) in [6.07, 6.45) is 6.88. The van der Waals surface area contributed by atoms with Crippen LogP contribution in [0, 0.1) is 17.0 Å². The lowest BCUT2D eigenvalue weighted by Crippen LogP contribution is -2.72. The maximum Gasteiger partial charge on any atom is 0.351 e. The van der Waals surface area contributed by atoms with Crippen molar-refractivity contribution in [2.75, 3.05) is 6.54 Å². The summed E-state index contributed by atoms with van der Waals surface area (Å²) in [5, 5.41) is 15.1. The van der Waals surface area contributed by atoms with E-state index in [1.807, 2.05) is 0 Å². The Kier molecular flexibility index (Phi) is 6.97. The minimum absolute atomic E-state index is 0.152. The predicted molar refractivity (Wildman–Crippen MR) is 120 cm³/mol. The quantitative estimate of drug-likeness (QED) is 0.234. The molecule has 1 aliphatic rings. The summed E-state index contributed by atoms with van der Waals surface area (Å²) >= 11 is 0. The van der Waals surface area contributed by atoms with Gasteiger partial charge in [-0.05, 0) is 43.5 Å². The molecule has 1 fully saturated rings. The Balaban J connectivity index is 1.58. The summed E-state index contributed by atoms with van der Waals surface area (Å²) in [5.41, 5.74) is 1.52. The van der Waals surface area contributed by atoms with E-state index in [1.165, 1.54) is 57.5 Å². The summed E-state index contributed by atoms with van der Waals surface area (Å²) in [7, 11) is 0. The van der Waals surface area contributed by atoms with Gasteiger partial charge in [-0.1, -0.05) is 5.10 Å². The van der Waals surface area contributed by atoms with Crippen molar-refractivity contribution in [3.63, 3.8) is 0 Å². The van der Waals surface area contributed by atoms with Gasteiger partial charge in [0.25, 0.3) is 5.91 Å². The number of amides is 1. The van der Waals surface area contributed by atoms with Crippen molar-refractivity contribution in [3.8, 4) is 5.82 Å². The molecule has 0 unspecified atom stereocenters. The Morgan fingerprint density at radius 2 is 2.06 bits per heavy atom. The van der Waals surface area contributed by atoms with Gasteiger partial charge in [0.1, 0.15) is 35.6 Å². The lowest BCUT2D eigenvalue weighted by Gasteiger charge is -2.35. The highest BCUT2D eigenvalue weighted by atomic mass is 19.1. The third-order valence-corrected chi connectivity index (χ3v) is 5.58. The number of pyridine rings is 1. The molecule has 0 saturated carbocycles. The molecule has 4 rings (SSSR count). The minimum Gasteiger partial charge on any atom is -0.334 e. The third-order valence-electron chi connectivity index (χ3n) is 5.58. The van der Waals surface area contributed by atoms with Gasteiger partial charge in [0.2, 0.25) is 0 Å². The summed E-state index contributed by atoms with van der Waals surface area (Å²) in [6, 6.07) is 6.12. The number of nitrogens with zero attached hydrogens (tertiary/aromatic N) is 6. The predicted octanol–water partition coefficient (Wildman–Crippen LogP) is 1.23. The van der Waals surface area contributed by atoms with E-state index in [0.717, 1.165) is 25.3 Å². The third kappa shape index (κ3) is 4.96. The van der Waals surface area contributed by atoms with E-state index in [0.29, 0.717) is 18.7 Å². The summed E-state index contributed by atoms with van der Waals surface area (Å²) < 4.78 is 29.6. The van der Waals surface area contributed by atoms with Gasteiger partial charge in [0, 0.05) is 18.8 Å². The van der Waals surface area contributed by atoms with Crippen molar-refractivity contribution in [3.05, 3.63) is 70.5 Å². The molecule has 1 atom stereocenters. The molecule has 0 bridgehead atoms. The van der Waals surface area contributed by atoms with Crippen molar-refractivity contribution in [2.45, 2.75) is 31.8 Å². The summed E-state index contributed by atoms with van der Waals surface area (Å²) in [6.45, 7) is 0.608. The number of likely N-dealkylation sites (tertiary alicyclic amines) is 1. The van der Waals surface area contributed by atoms with E-state index < -0.39 is 17.3 Å². The zero-order valence-corrected chi connectivity index (χ0v) is 18.1. The fourth-order valence-corrected chi connectivity index (χ4v) is 3.93. The van der Waals surface area contributed by atoms with Crippen LogP contribution in [-0.4, -0.2) is 55.2 Å². The molecular weight excluding hydrogens is 446 g/mol. The van der Waals surface area contributed by atoms with E-state index in [9.17, 15) is 18.4 Å². The van der Waals surface area contributed by atoms with Crippen molar-refractivity contribution in [2.24, 2.45) is 5.10 Å². The number of hydrogen-bond donors (Lipinski definition) is 2. The first-order chi connectivity index (χ1) is 16.5. The topological polar surface area (TPSA) is 126 Å². The minimum atomic E-state index is -0.549. The van der Waals surface area contributed by atoms with E-state index in [-0.39, 0.29) is 29.9 Å². The van der Waals surface area contributed by atoms with Crippen LogP contribution in [0.3, 0.4) is 0 Å². The van der Waals surface area contributed by atoms with Gasteiger partial charge in [-0.15, -0.1) is 0 Å². The molecule has 3 N–H and O–H groups in total. The van der Waals surface area contributed by atoms with Crippen LogP contribution in [0.15, 0.2) is 52.8 Å². The van der Waals surface area contributed by atoms with Crippen LogP contribution in [-0.2, 0) is 6.54 Å². The molecule has 34 heavy (non-hydrogen) atoms. The first kappa shape index (κ1) is 23.1. The van der Waals surface area contributed by atoms with Crippen molar-refractivity contribution in [1.29, 1.82) is 5.41 Å². The van der Waals surface area contributed by atoms with Gasteiger partial charge in [0.05, 0.1) is 18.8 Å². The van der Waals surface area contributed by atoms with E-state index in [4.69, 9.17) is 5.41 Å². The van der Waals surface area contributed by atoms with Crippen LogP contribution in [0.2, 0.25) is 0 Å². The number of nitrogens with one attached hydrogen (secondary N) is 1. The number of nitrogens with two attached hydrogens (primary N) is 1. The molecule has 10 nitrogen and oxygen atoms in total. The van der Waals surface area contributed by atoms with Crippen LogP contribution >= 0.6 is 0 Å². The molecule has 1 saturated heterocycles. The molecule has 1 amide bonds. The zero-order chi connectivity index (χ0) is 24.1. The number of hydrogen-bond acceptors (Lipinski definition) is 6. The second-order valence-corrected chi connectivity index (χ2v) is 7.77. The average molecular weight is 469 g/mol. The highest BCUT2D eigenvalue weighted by Crippen LogP contribution is 2.23. The van der Waals surface area contributed by atoms with E-state index in [1.54, 1.807) is 4.90 Å². The number of halogens is 2. The second kappa shape index (κ2) is 10.3. The zero-order valence-electron chi connectivity index (χ0n) is 18.1. The maximum atomic E-state index is 14.0. The van der Waals surface area contributed by atoms with Crippen LogP contribution in [0.5, 0.6) is 0 Å². The average Bonchev–Trinajstić information content (AvgIpc) is 3.20. The van der Waals surface area contributed by atoms with Crippen LogP contribution in [0.25, 0.3) is 5.82 Å². The Morgan fingerprint density at radius 3 is 2.82 bits per heavy atom. The molecule has 0 aliphatic carbocycles. The van der Waals surface area contributed by atoms with Crippen LogP contribution in [0.4, 0.5) is 14.5 Å². The lowest BCUT2D eigenvalue weighted by atomic mass is 10.00.